The van der Waals surface area contributed by atoms with Crippen molar-refractivity contribution in [3.8, 4) is 0 Å². The topological polar surface area (TPSA) is 24.7 Å². The van der Waals surface area contributed by atoms with Gasteiger partial charge in [-0.2, -0.15) is 0 Å². The molecular weight excluding hydrogens is 338 g/mol. The zero-order chi connectivity index (χ0) is 14.5. The number of likely N-dealkylation sites (tertiary alicyclic amines) is 1. The molecule has 2 atom stereocenters. The molecule has 1 heterocycles. The van der Waals surface area contributed by atoms with E-state index < -0.39 is 6.10 Å². The highest BCUT2D eigenvalue weighted by atomic mass is 79.9. The van der Waals surface area contributed by atoms with Crippen LogP contribution in [0.3, 0.4) is 0 Å². The van der Waals surface area contributed by atoms with Crippen LogP contribution in [-0.4, -0.2) is 24.7 Å². The van der Waals surface area contributed by atoms with Crippen molar-refractivity contribution in [1.29, 1.82) is 0 Å². The standard InChI is InChI=1S/C19H23NO.BrH/c21-19(17-11-5-2-6-12-17)18(15-20-13-7-8-14-20)16-9-3-1-4-10-16;/h1-6,9-12,18-19,21H,7-8,13-15H2;1H. The molecule has 0 spiro atoms. The first-order valence-corrected chi connectivity index (χ1v) is 7.96. The summed E-state index contributed by atoms with van der Waals surface area (Å²) in [5.41, 5.74) is 2.26. The van der Waals surface area contributed by atoms with Gasteiger partial charge in [0.1, 0.15) is 0 Å². The lowest BCUT2D eigenvalue weighted by Crippen LogP contribution is -3.10. The number of hydrogen-bond donors (Lipinski definition) is 2. The molecule has 0 bridgehead atoms. The number of hydrogen-bond acceptors (Lipinski definition) is 1. The van der Waals surface area contributed by atoms with Crippen LogP contribution in [0.2, 0.25) is 0 Å². The van der Waals surface area contributed by atoms with E-state index in [1.165, 1.54) is 31.5 Å². The molecule has 118 valence electrons. The first kappa shape index (κ1) is 17.2. The van der Waals surface area contributed by atoms with Crippen molar-refractivity contribution >= 4 is 0 Å². The Morgan fingerprint density at radius 3 is 1.86 bits per heavy atom. The Kier molecular flexibility index (Phi) is 6.62. The van der Waals surface area contributed by atoms with Crippen LogP contribution < -0.4 is 21.9 Å². The smallest absolute Gasteiger partial charge is 0.0912 e. The van der Waals surface area contributed by atoms with Gasteiger partial charge in [-0.05, 0) is 11.1 Å². The first-order chi connectivity index (χ1) is 10.3. The van der Waals surface area contributed by atoms with E-state index in [0.717, 1.165) is 12.1 Å². The van der Waals surface area contributed by atoms with Crippen LogP contribution in [0.4, 0.5) is 0 Å². The second-order valence-corrected chi connectivity index (χ2v) is 6.03. The fraction of sp³-hybridized carbons (Fsp3) is 0.368. The molecule has 1 fully saturated rings. The molecule has 0 aromatic heterocycles. The molecule has 0 amide bonds. The van der Waals surface area contributed by atoms with E-state index in [9.17, 15) is 5.11 Å². The molecule has 2 aromatic carbocycles. The minimum Gasteiger partial charge on any atom is -1.00 e. The SMILES string of the molecule is OC(c1ccccc1)C(C[NH+]1CCCC1)c1ccccc1.[Br-]. The highest BCUT2D eigenvalue weighted by Gasteiger charge is 2.28. The number of nitrogens with one attached hydrogen (secondary N) is 1. The van der Waals surface area contributed by atoms with E-state index in [0.29, 0.717) is 0 Å². The van der Waals surface area contributed by atoms with E-state index in [2.05, 4.69) is 24.3 Å². The molecule has 1 aliphatic rings. The average Bonchev–Trinajstić information content (AvgIpc) is 3.07. The van der Waals surface area contributed by atoms with Crippen LogP contribution in [0.15, 0.2) is 60.7 Å². The van der Waals surface area contributed by atoms with Gasteiger partial charge in [-0.15, -0.1) is 0 Å². The number of quaternary nitrogens is 1. The predicted octanol–water partition coefficient (Wildman–Crippen LogP) is -0.813. The van der Waals surface area contributed by atoms with Crippen LogP contribution in [0.5, 0.6) is 0 Å². The summed E-state index contributed by atoms with van der Waals surface area (Å²) in [6.07, 6.45) is 2.21. The van der Waals surface area contributed by atoms with E-state index in [1.807, 2.05) is 36.4 Å². The molecule has 0 saturated carbocycles. The molecular formula is C19H24BrNO. The second-order valence-electron chi connectivity index (χ2n) is 6.03. The Bertz CT molecular complexity index is 540. The van der Waals surface area contributed by atoms with Crippen molar-refractivity contribution in [2.24, 2.45) is 0 Å². The number of benzene rings is 2. The van der Waals surface area contributed by atoms with Gasteiger partial charge in [0.2, 0.25) is 0 Å². The maximum absolute atomic E-state index is 10.9. The lowest BCUT2D eigenvalue weighted by atomic mass is 9.88. The molecule has 0 aliphatic carbocycles. The first-order valence-electron chi connectivity index (χ1n) is 7.96. The van der Waals surface area contributed by atoms with Gasteiger partial charge >= 0.3 is 0 Å². The maximum Gasteiger partial charge on any atom is 0.0912 e. The molecule has 2 aromatic rings. The number of rotatable bonds is 5. The van der Waals surface area contributed by atoms with Crippen LogP contribution in [-0.2, 0) is 0 Å². The van der Waals surface area contributed by atoms with Crippen LogP contribution in [0.1, 0.15) is 36.0 Å². The molecule has 1 saturated heterocycles. The Morgan fingerprint density at radius 2 is 1.32 bits per heavy atom. The van der Waals surface area contributed by atoms with Gasteiger partial charge in [-0.1, -0.05) is 60.7 Å². The molecule has 0 radical (unpaired) electrons. The quantitative estimate of drug-likeness (QED) is 0.715. The third-order valence-electron chi connectivity index (χ3n) is 4.57. The number of aliphatic hydroxyl groups excluding tert-OH is 1. The average molecular weight is 362 g/mol. The third kappa shape index (κ3) is 4.19. The Balaban J connectivity index is 0.00000176. The summed E-state index contributed by atoms with van der Waals surface area (Å²) in [6, 6.07) is 20.5. The summed E-state index contributed by atoms with van der Waals surface area (Å²) in [5.74, 6) is 0.168. The van der Waals surface area contributed by atoms with Crippen molar-refractivity contribution in [3.05, 3.63) is 71.8 Å². The van der Waals surface area contributed by atoms with E-state index in [1.54, 1.807) is 4.90 Å². The highest BCUT2D eigenvalue weighted by Crippen LogP contribution is 2.29. The Hall–Kier alpha value is -1.16. The summed E-state index contributed by atoms with van der Waals surface area (Å²) >= 11 is 0. The predicted molar refractivity (Wildman–Crippen MR) is 85.4 cm³/mol. The maximum atomic E-state index is 10.9. The van der Waals surface area contributed by atoms with E-state index in [4.69, 9.17) is 0 Å². The summed E-state index contributed by atoms with van der Waals surface area (Å²) in [7, 11) is 0. The van der Waals surface area contributed by atoms with Gasteiger partial charge in [0.15, 0.2) is 0 Å². The lowest BCUT2D eigenvalue weighted by molar-refractivity contribution is -0.889. The summed E-state index contributed by atoms with van der Waals surface area (Å²) < 4.78 is 0. The molecule has 2 unspecified atom stereocenters. The summed E-state index contributed by atoms with van der Waals surface area (Å²) in [4.78, 5) is 1.62. The van der Waals surface area contributed by atoms with Crippen molar-refractivity contribution in [3.63, 3.8) is 0 Å². The highest BCUT2D eigenvalue weighted by molar-refractivity contribution is 5.26. The van der Waals surface area contributed by atoms with Gasteiger partial charge in [0.25, 0.3) is 0 Å². The van der Waals surface area contributed by atoms with Crippen molar-refractivity contribution < 1.29 is 27.0 Å². The zero-order valence-corrected chi connectivity index (χ0v) is 14.4. The Morgan fingerprint density at radius 1 is 0.818 bits per heavy atom. The van der Waals surface area contributed by atoms with E-state index in [-0.39, 0.29) is 22.9 Å². The monoisotopic (exact) mass is 361 g/mol. The summed E-state index contributed by atoms with van der Waals surface area (Å²) in [6.45, 7) is 3.50. The summed E-state index contributed by atoms with van der Waals surface area (Å²) in [5, 5.41) is 10.9. The Labute approximate surface area is 143 Å². The fourth-order valence-electron chi connectivity index (χ4n) is 3.38. The molecule has 3 rings (SSSR count). The molecule has 1 aliphatic heterocycles. The largest absolute Gasteiger partial charge is 1.00 e. The minimum absolute atomic E-state index is 0. The third-order valence-corrected chi connectivity index (χ3v) is 4.57. The van der Waals surface area contributed by atoms with Gasteiger partial charge in [0, 0.05) is 12.8 Å². The zero-order valence-electron chi connectivity index (χ0n) is 12.8. The van der Waals surface area contributed by atoms with Crippen molar-refractivity contribution in [1.82, 2.24) is 0 Å². The number of halogens is 1. The van der Waals surface area contributed by atoms with Crippen molar-refractivity contribution in [2.75, 3.05) is 19.6 Å². The van der Waals surface area contributed by atoms with E-state index >= 15 is 0 Å². The molecule has 2 nitrogen and oxygen atoms in total. The minimum atomic E-state index is -0.429. The van der Waals surface area contributed by atoms with Gasteiger partial charge in [-0.3, -0.25) is 0 Å². The second kappa shape index (κ2) is 8.47. The molecule has 2 N–H and O–H groups in total. The fourth-order valence-corrected chi connectivity index (χ4v) is 3.38. The van der Waals surface area contributed by atoms with Gasteiger partial charge in [0.05, 0.1) is 31.7 Å². The van der Waals surface area contributed by atoms with Crippen LogP contribution >= 0.6 is 0 Å². The van der Waals surface area contributed by atoms with Gasteiger partial charge in [-0.25, -0.2) is 0 Å². The number of aliphatic hydroxyl groups is 1. The van der Waals surface area contributed by atoms with Crippen LogP contribution in [0.25, 0.3) is 0 Å². The normalized spacial score (nSPS) is 17.7. The van der Waals surface area contributed by atoms with Crippen molar-refractivity contribution in [2.45, 2.75) is 24.9 Å². The lowest BCUT2D eigenvalue weighted by Gasteiger charge is -2.26. The molecule has 3 heteroatoms. The van der Waals surface area contributed by atoms with Crippen LogP contribution in [0, 0.1) is 0 Å². The molecule has 22 heavy (non-hydrogen) atoms. The van der Waals surface area contributed by atoms with Gasteiger partial charge < -0.3 is 27.0 Å².